The summed E-state index contributed by atoms with van der Waals surface area (Å²) in [4.78, 5) is 32.3. The van der Waals surface area contributed by atoms with Crippen LogP contribution in [-0.4, -0.2) is 73.9 Å². The monoisotopic (exact) mass is 521 g/mol. The third kappa shape index (κ3) is 5.44. The fraction of sp³-hybridized carbons (Fsp3) is 0.517. The lowest BCUT2D eigenvalue weighted by atomic mass is 9.86. The number of ether oxygens (including phenoxy) is 2. The first-order valence-corrected chi connectivity index (χ1v) is 13.6. The summed E-state index contributed by atoms with van der Waals surface area (Å²) in [6, 6.07) is 16.3. The van der Waals surface area contributed by atoms with Gasteiger partial charge in [0.1, 0.15) is 5.75 Å². The number of methoxy groups -OCH3 is 1. The van der Waals surface area contributed by atoms with E-state index >= 15 is 0 Å². The van der Waals surface area contributed by atoms with Gasteiger partial charge >= 0.3 is 12.1 Å². The van der Waals surface area contributed by atoms with Crippen molar-refractivity contribution in [3.05, 3.63) is 59.7 Å². The minimum absolute atomic E-state index is 0.000559. The van der Waals surface area contributed by atoms with Crippen LogP contribution in [0.2, 0.25) is 0 Å². The second kappa shape index (κ2) is 11.2. The van der Waals surface area contributed by atoms with Gasteiger partial charge in [-0.3, -0.25) is 15.8 Å². The van der Waals surface area contributed by atoms with Crippen molar-refractivity contribution >= 4 is 17.8 Å². The molecule has 1 spiro atoms. The van der Waals surface area contributed by atoms with Crippen molar-refractivity contribution in [2.24, 2.45) is 5.92 Å². The van der Waals surface area contributed by atoms with Crippen molar-refractivity contribution in [2.45, 2.75) is 44.7 Å². The van der Waals surface area contributed by atoms with E-state index in [9.17, 15) is 9.59 Å². The Morgan fingerprint density at radius 3 is 2.45 bits per heavy atom. The van der Waals surface area contributed by atoms with E-state index in [2.05, 4.69) is 35.1 Å². The van der Waals surface area contributed by atoms with Crippen LogP contribution in [0.5, 0.6) is 5.75 Å². The van der Waals surface area contributed by atoms with Crippen LogP contribution in [0.15, 0.2) is 48.5 Å². The summed E-state index contributed by atoms with van der Waals surface area (Å²) in [5.41, 5.74) is 9.18. The number of hydrogen-bond acceptors (Lipinski definition) is 6. The van der Waals surface area contributed by atoms with E-state index in [1.54, 1.807) is 12.0 Å². The Balaban J connectivity index is 1.36. The number of rotatable bonds is 7. The van der Waals surface area contributed by atoms with E-state index in [1.807, 2.05) is 47.9 Å². The summed E-state index contributed by atoms with van der Waals surface area (Å²) in [5, 5.41) is 0. The molecular weight excluding hydrogens is 482 g/mol. The quantitative estimate of drug-likeness (QED) is 0.574. The number of urea groups is 1. The molecule has 0 aromatic heterocycles. The van der Waals surface area contributed by atoms with Crippen molar-refractivity contribution < 1.29 is 19.1 Å². The fourth-order valence-electron chi connectivity index (χ4n) is 5.67. The summed E-state index contributed by atoms with van der Waals surface area (Å²) < 4.78 is 10.9. The van der Waals surface area contributed by atoms with Crippen LogP contribution in [0.1, 0.15) is 43.7 Å². The number of anilines is 1. The summed E-state index contributed by atoms with van der Waals surface area (Å²) in [6.45, 7) is 8.48. The summed E-state index contributed by atoms with van der Waals surface area (Å²) in [5.74, 6) is 1.49. The number of benzene rings is 2. The van der Waals surface area contributed by atoms with Crippen LogP contribution >= 0.6 is 0 Å². The van der Waals surface area contributed by atoms with Gasteiger partial charge in [0.05, 0.1) is 25.8 Å². The first kappa shape index (κ1) is 26.3. The normalized spacial score (nSPS) is 19.6. The van der Waals surface area contributed by atoms with Crippen molar-refractivity contribution in [3.63, 3.8) is 0 Å². The van der Waals surface area contributed by atoms with E-state index in [-0.39, 0.29) is 17.7 Å². The highest BCUT2D eigenvalue weighted by Crippen LogP contribution is 2.40. The Bertz CT molecular complexity index is 1120. The number of hydrogen-bond donors (Lipinski definition) is 2. The van der Waals surface area contributed by atoms with Gasteiger partial charge in [-0.05, 0) is 54.2 Å². The van der Waals surface area contributed by atoms with Gasteiger partial charge in [0.25, 0.3) is 0 Å². The van der Waals surface area contributed by atoms with Gasteiger partial charge in [-0.1, -0.05) is 38.1 Å². The van der Waals surface area contributed by atoms with Crippen LogP contribution in [0.4, 0.5) is 15.3 Å². The number of carbonyl (C=O) groups is 2. The van der Waals surface area contributed by atoms with Crippen LogP contribution in [0.25, 0.3) is 0 Å². The van der Waals surface area contributed by atoms with Crippen LogP contribution in [0.3, 0.4) is 0 Å². The number of nitrogens with zero attached hydrogens (tertiary/aromatic N) is 3. The maximum Gasteiger partial charge on any atom is 0.409 e. The van der Waals surface area contributed by atoms with Crippen molar-refractivity contribution in [2.75, 3.05) is 51.3 Å². The zero-order valence-electron chi connectivity index (χ0n) is 22.6. The molecule has 3 aliphatic rings. The lowest BCUT2D eigenvalue weighted by Crippen LogP contribution is -2.55. The highest BCUT2D eigenvalue weighted by Gasteiger charge is 2.51. The van der Waals surface area contributed by atoms with E-state index in [4.69, 9.17) is 9.47 Å². The smallest absolute Gasteiger partial charge is 0.409 e. The minimum Gasteiger partial charge on any atom is -0.497 e. The Hall–Kier alpha value is -3.30. The van der Waals surface area contributed by atoms with Gasteiger partial charge in [-0.15, -0.1) is 0 Å². The van der Waals surface area contributed by atoms with E-state index in [0.29, 0.717) is 57.5 Å². The largest absolute Gasteiger partial charge is 0.497 e. The number of hydrazine groups is 1. The Morgan fingerprint density at radius 1 is 1.08 bits per heavy atom. The Labute approximate surface area is 225 Å². The average Bonchev–Trinajstić information content (AvgIpc) is 3.56. The van der Waals surface area contributed by atoms with Gasteiger partial charge in [-0.25, -0.2) is 9.59 Å². The predicted molar refractivity (Wildman–Crippen MR) is 146 cm³/mol. The molecule has 3 heterocycles. The number of nitrogens with one attached hydrogen (secondary N) is 2. The summed E-state index contributed by atoms with van der Waals surface area (Å²) >= 11 is 0. The SMILES string of the molecule is COc1cccc(CN2C(=O)N(c3ccc(C4CNNC4)cc3)CC23CCN(C(=O)OCC(C)C)CC3)c1. The minimum atomic E-state index is -0.368. The standard InChI is InChI=1S/C29H39N5O4/c1-21(2)19-38-28(36)32-13-11-29(12-14-32)20-33(25-9-7-23(8-10-25)24-16-30-31-17-24)27(35)34(29)18-22-5-4-6-26(15-22)37-3/h4-10,15,21,24,30-31H,11-14,16-20H2,1-3H3. The molecule has 38 heavy (non-hydrogen) atoms. The molecule has 9 heteroatoms. The summed E-state index contributed by atoms with van der Waals surface area (Å²) in [6.07, 6.45) is 1.14. The predicted octanol–water partition coefficient (Wildman–Crippen LogP) is 3.96. The van der Waals surface area contributed by atoms with Crippen LogP contribution < -0.4 is 20.5 Å². The molecule has 0 saturated carbocycles. The molecule has 0 atom stereocenters. The average molecular weight is 522 g/mol. The molecule has 2 N–H and O–H groups in total. The maximum atomic E-state index is 14.0. The van der Waals surface area contributed by atoms with Gasteiger partial charge in [0.15, 0.2) is 0 Å². The Kier molecular flexibility index (Phi) is 7.76. The third-order valence-electron chi connectivity index (χ3n) is 7.95. The van der Waals surface area contributed by atoms with E-state index in [1.165, 1.54) is 5.56 Å². The van der Waals surface area contributed by atoms with Crippen molar-refractivity contribution in [1.29, 1.82) is 0 Å². The van der Waals surface area contributed by atoms with Crippen LogP contribution in [0, 0.1) is 5.92 Å². The van der Waals surface area contributed by atoms with Crippen molar-refractivity contribution in [3.8, 4) is 5.75 Å². The second-order valence-corrected chi connectivity index (χ2v) is 11.0. The van der Waals surface area contributed by atoms with E-state index < -0.39 is 0 Å². The van der Waals surface area contributed by atoms with Crippen molar-refractivity contribution in [1.82, 2.24) is 20.7 Å². The molecule has 0 bridgehead atoms. The van der Waals surface area contributed by atoms with E-state index in [0.717, 1.165) is 30.1 Å². The molecule has 9 nitrogen and oxygen atoms in total. The van der Waals surface area contributed by atoms with Crippen LogP contribution in [-0.2, 0) is 11.3 Å². The zero-order valence-corrected chi connectivity index (χ0v) is 22.6. The molecule has 2 aromatic rings. The first-order chi connectivity index (χ1) is 18.4. The molecular formula is C29H39N5O4. The molecule has 204 valence electrons. The zero-order chi connectivity index (χ0) is 26.7. The molecule has 2 aromatic carbocycles. The summed E-state index contributed by atoms with van der Waals surface area (Å²) in [7, 11) is 1.65. The highest BCUT2D eigenvalue weighted by molar-refractivity contribution is 5.95. The maximum absolute atomic E-state index is 14.0. The third-order valence-corrected chi connectivity index (χ3v) is 7.95. The molecule has 0 unspecified atom stereocenters. The fourth-order valence-corrected chi connectivity index (χ4v) is 5.67. The Morgan fingerprint density at radius 2 is 1.79 bits per heavy atom. The molecule has 3 aliphatic heterocycles. The van der Waals surface area contributed by atoms with Gasteiger partial charge < -0.3 is 19.3 Å². The van der Waals surface area contributed by atoms with Gasteiger partial charge in [0, 0.05) is 44.3 Å². The second-order valence-electron chi connectivity index (χ2n) is 11.0. The molecule has 0 aliphatic carbocycles. The molecule has 3 amide bonds. The number of amides is 3. The first-order valence-electron chi connectivity index (χ1n) is 13.6. The highest BCUT2D eigenvalue weighted by atomic mass is 16.6. The molecule has 3 saturated heterocycles. The van der Waals surface area contributed by atoms with Gasteiger partial charge in [0.2, 0.25) is 0 Å². The van der Waals surface area contributed by atoms with Gasteiger partial charge in [-0.2, -0.15) is 0 Å². The number of likely N-dealkylation sites (tertiary alicyclic amines) is 1. The lowest BCUT2D eigenvalue weighted by Gasteiger charge is -2.43. The molecule has 3 fully saturated rings. The molecule has 0 radical (unpaired) electrons. The lowest BCUT2D eigenvalue weighted by molar-refractivity contribution is 0.0491. The molecule has 5 rings (SSSR count). The topological polar surface area (TPSA) is 86.4 Å². The number of piperidine rings is 1. The number of carbonyl (C=O) groups excluding carboxylic acids is 2.